The van der Waals surface area contributed by atoms with Gasteiger partial charge in [-0.2, -0.15) is 13.2 Å². The second kappa shape index (κ2) is 6.51. The highest BCUT2D eigenvalue weighted by Gasteiger charge is 2.32. The Kier molecular flexibility index (Phi) is 4.37. The summed E-state index contributed by atoms with van der Waals surface area (Å²) in [5.74, 6) is 0.0335. The second-order valence-corrected chi connectivity index (χ2v) is 8.61. The molecule has 0 saturated carbocycles. The van der Waals surface area contributed by atoms with Gasteiger partial charge in [-0.3, -0.25) is 9.52 Å². The van der Waals surface area contributed by atoms with Gasteiger partial charge in [0.05, 0.1) is 16.1 Å². The maximum atomic E-state index is 12.9. The Morgan fingerprint density at radius 1 is 1.00 bits per heavy atom. The predicted molar refractivity (Wildman–Crippen MR) is 97.7 cm³/mol. The highest BCUT2D eigenvalue weighted by atomic mass is 32.2. The summed E-state index contributed by atoms with van der Waals surface area (Å²) in [4.78, 5) is 13.8. The number of alkyl halides is 3. The summed E-state index contributed by atoms with van der Waals surface area (Å²) in [6.07, 6.45) is -2.41. The summed E-state index contributed by atoms with van der Waals surface area (Å²) >= 11 is 0. The molecule has 1 amide bonds. The van der Waals surface area contributed by atoms with Crippen LogP contribution in [0.4, 0.5) is 24.5 Å². The van der Waals surface area contributed by atoms with Gasteiger partial charge in [-0.15, -0.1) is 0 Å². The Morgan fingerprint density at radius 3 is 2.43 bits per heavy atom. The van der Waals surface area contributed by atoms with E-state index in [-0.39, 0.29) is 16.5 Å². The van der Waals surface area contributed by atoms with E-state index in [4.69, 9.17) is 0 Å². The van der Waals surface area contributed by atoms with Crippen LogP contribution in [-0.2, 0) is 33.8 Å². The Balaban J connectivity index is 1.71. The molecule has 1 N–H and O–H groups in total. The molecule has 0 aromatic heterocycles. The average molecular weight is 410 g/mol. The number of amides is 1. The largest absolute Gasteiger partial charge is 0.416 e. The van der Waals surface area contributed by atoms with E-state index in [1.165, 1.54) is 18.2 Å². The molecule has 0 fully saturated rings. The summed E-state index contributed by atoms with van der Waals surface area (Å²) in [5.41, 5.74) is 1.27. The van der Waals surface area contributed by atoms with Crippen LogP contribution in [0.1, 0.15) is 29.5 Å². The van der Waals surface area contributed by atoms with Crippen LogP contribution in [0.5, 0.6) is 0 Å². The van der Waals surface area contributed by atoms with E-state index >= 15 is 0 Å². The highest BCUT2D eigenvalue weighted by Crippen LogP contribution is 2.38. The van der Waals surface area contributed by atoms with Crippen LogP contribution in [0.15, 0.2) is 41.3 Å². The van der Waals surface area contributed by atoms with Gasteiger partial charge in [-0.25, -0.2) is 8.42 Å². The molecule has 28 heavy (non-hydrogen) atoms. The van der Waals surface area contributed by atoms with Crippen LogP contribution in [0.3, 0.4) is 0 Å². The number of carbonyl (C=O) groups excluding carboxylic acids is 1. The number of halogens is 3. The van der Waals surface area contributed by atoms with E-state index in [0.29, 0.717) is 25.8 Å². The number of benzene rings is 2. The minimum atomic E-state index is -4.56. The molecular formula is C19H17F3N2O3S. The lowest BCUT2D eigenvalue weighted by atomic mass is 9.92. The molecule has 0 atom stereocenters. The van der Waals surface area contributed by atoms with Crippen LogP contribution in [0.2, 0.25) is 0 Å². The zero-order chi connectivity index (χ0) is 20.1. The molecule has 0 aliphatic carbocycles. The maximum absolute atomic E-state index is 12.9. The van der Waals surface area contributed by atoms with Crippen LogP contribution >= 0.6 is 0 Å². The number of nitrogens with one attached hydrogen (secondary N) is 1. The molecule has 5 nitrogen and oxygen atoms in total. The standard InChI is InChI=1S/C19H17F3N2O3S/c20-19(21,22)14-4-1-5-15(11-14)23-28(26,27)16-9-12-3-2-8-24-17(25)7-6-13(10-16)18(12)24/h1,4-5,9-11,23H,2-3,6-8H2. The Hall–Kier alpha value is -2.55. The van der Waals surface area contributed by atoms with E-state index in [0.717, 1.165) is 41.4 Å². The number of hydrogen-bond acceptors (Lipinski definition) is 3. The Bertz CT molecular complexity index is 1050. The average Bonchev–Trinajstić information content (AvgIpc) is 2.63. The van der Waals surface area contributed by atoms with Crippen molar-refractivity contribution < 1.29 is 26.4 Å². The van der Waals surface area contributed by atoms with E-state index < -0.39 is 21.8 Å². The fraction of sp³-hybridized carbons (Fsp3) is 0.316. The third kappa shape index (κ3) is 3.34. The van der Waals surface area contributed by atoms with E-state index in [9.17, 15) is 26.4 Å². The molecule has 2 aromatic rings. The minimum Gasteiger partial charge on any atom is -0.312 e. The first kappa shape index (κ1) is 18.8. The molecule has 0 bridgehead atoms. The molecule has 0 radical (unpaired) electrons. The van der Waals surface area contributed by atoms with Crippen LogP contribution < -0.4 is 9.62 Å². The lowest BCUT2D eigenvalue weighted by molar-refractivity contribution is -0.137. The van der Waals surface area contributed by atoms with Crippen molar-refractivity contribution in [1.82, 2.24) is 0 Å². The molecule has 4 rings (SSSR count). The third-order valence-electron chi connectivity index (χ3n) is 5.00. The lowest BCUT2D eigenvalue weighted by Crippen LogP contribution is -2.39. The summed E-state index contributed by atoms with van der Waals surface area (Å²) < 4.78 is 66.5. The fourth-order valence-corrected chi connectivity index (χ4v) is 4.90. The predicted octanol–water partition coefficient (Wildman–Crippen LogP) is 3.73. The molecule has 2 aromatic carbocycles. The smallest absolute Gasteiger partial charge is 0.312 e. The summed E-state index contributed by atoms with van der Waals surface area (Å²) in [7, 11) is -4.07. The van der Waals surface area contributed by atoms with E-state index in [2.05, 4.69) is 4.72 Å². The van der Waals surface area contributed by atoms with Crippen molar-refractivity contribution in [2.24, 2.45) is 0 Å². The van der Waals surface area contributed by atoms with Gasteiger partial charge in [0.25, 0.3) is 10.0 Å². The van der Waals surface area contributed by atoms with Gasteiger partial charge >= 0.3 is 6.18 Å². The number of carbonyl (C=O) groups is 1. The first-order valence-electron chi connectivity index (χ1n) is 8.81. The molecule has 148 valence electrons. The van der Waals surface area contributed by atoms with Gasteiger partial charge in [0.15, 0.2) is 0 Å². The normalized spacial score (nSPS) is 16.7. The molecular weight excluding hydrogens is 393 g/mol. The van der Waals surface area contributed by atoms with Gasteiger partial charge in [0, 0.05) is 18.7 Å². The molecule has 0 unspecified atom stereocenters. The van der Waals surface area contributed by atoms with Crippen molar-refractivity contribution in [3.8, 4) is 0 Å². The van der Waals surface area contributed by atoms with Crippen LogP contribution in [0.25, 0.3) is 0 Å². The van der Waals surface area contributed by atoms with Crippen molar-refractivity contribution in [1.29, 1.82) is 0 Å². The topological polar surface area (TPSA) is 66.5 Å². The molecule has 2 heterocycles. The van der Waals surface area contributed by atoms with E-state index in [1.54, 1.807) is 4.90 Å². The highest BCUT2D eigenvalue weighted by molar-refractivity contribution is 7.92. The molecule has 2 aliphatic rings. The quantitative estimate of drug-likeness (QED) is 0.839. The zero-order valence-corrected chi connectivity index (χ0v) is 15.5. The van der Waals surface area contributed by atoms with Crippen molar-refractivity contribution in [3.05, 3.63) is 53.1 Å². The fourth-order valence-electron chi connectivity index (χ4n) is 3.75. The number of aryl methyl sites for hydroxylation is 2. The Labute approximate surface area is 160 Å². The summed E-state index contributed by atoms with van der Waals surface area (Å²) in [6, 6.07) is 7.10. The number of anilines is 2. The Morgan fingerprint density at radius 2 is 1.71 bits per heavy atom. The maximum Gasteiger partial charge on any atom is 0.416 e. The molecule has 2 aliphatic heterocycles. The van der Waals surface area contributed by atoms with Gasteiger partial charge in [0.2, 0.25) is 5.91 Å². The second-order valence-electron chi connectivity index (χ2n) is 6.92. The first-order chi connectivity index (χ1) is 13.1. The van der Waals surface area contributed by atoms with Gasteiger partial charge < -0.3 is 4.90 Å². The molecule has 0 saturated heterocycles. The van der Waals surface area contributed by atoms with Gasteiger partial charge in [-0.1, -0.05) is 6.07 Å². The summed E-state index contributed by atoms with van der Waals surface area (Å²) in [6.45, 7) is 0.618. The van der Waals surface area contributed by atoms with Crippen LogP contribution in [0, 0.1) is 0 Å². The van der Waals surface area contributed by atoms with Crippen molar-refractivity contribution in [2.45, 2.75) is 36.8 Å². The van der Waals surface area contributed by atoms with E-state index in [1.807, 2.05) is 0 Å². The van der Waals surface area contributed by atoms with Crippen molar-refractivity contribution in [3.63, 3.8) is 0 Å². The molecule has 0 spiro atoms. The number of sulfonamides is 1. The van der Waals surface area contributed by atoms with Gasteiger partial charge in [-0.05, 0) is 60.7 Å². The number of hydrogen-bond donors (Lipinski definition) is 1. The van der Waals surface area contributed by atoms with Gasteiger partial charge in [0.1, 0.15) is 0 Å². The van der Waals surface area contributed by atoms with Crippen molar-refractivity contribution in [2.75, 3.05) is 16.2 Å². The minimum absolute atomic E-state index is 0.00476. The number of nitrogens with zero attached hydrogens (tertiary/aromatic N) is 1. The first-order valence-corrected chi connectivity index (χ1v) is 10.3. The SMILES string of the molecule is O=C1CCc2cc(S(=O)(=O)Nc3cccc(C(F)(F)F)c3)cc3c2N1CCC3. The van der Waals surface area contributed by atoms with Crippen molar-refractivity contribution >= 4 is 27.3 Å². The third-order valence-corrected chi connectivity index (χ3v) is 6.36. The number of rotatable bonds is 3. The summed E-state index contributed by atoms with van der Waals surface area (Å²) in [5, 5.41) is 0. The molecule has 9 heteroatoms. The zero-order valence-electron chi connectivity index (χ0n) is 14.7. The lowest BCUT2D eigenvalue weighted by Gasteiger charge is -2.35. The van der Waals surface area contributed by atoms with Crippen LogP contribution in [-0.4, -0.2) is 20.9 Å². The monoisotopic (exact) mass is 410 g/mol.